The van der Waals surface area contributed by atoms with Crippen molar-refractivity contribution in [3.05, 3.63) is 17.7 Å². The molecule has 0 spiro atoms. The van der Waals surface area contributed by atoms with E-state index < -0.39 is 6.10 Å². The van der Waals surface area contributed by atoms with Crippen LogP contribution in [0.25, 0.3) is 0 Å². The van der Waals surface area contributed by atoms with Crippen molar-refractivity contribution < 1.29 is 19.4 Å². The van der Waals surface area contributed by atoms with Gasteiger partial charge in [-0.05, 0) is 24.6 Å². The number of benzene rings is 1. The lowest BCUT2D eigenvalue weighted by molar-refractivity contribution is -0.122. The Morgan fingerprint density at radius 3 is 2.94 bits per heavy atom. The molecular weight excluding hydrogens is 210 g/mol. The van der Waals surface area contributed by atoms with Gasteiger partial charge in [-0.1, -0.05) is 0 Å². The van der Waals surface area contributed by atoms with E-state index in [1.54, 1.807) is 19.1 Å². The van der Waals surface area contributed by atoms with Crippen LogP contribution < -0.4 is 14.8 Å². The van der Waals surface area contributed by atoms with Gasteiger partial charge in [0, 0.05) is 0 Å². The lowest BCUT2D eigenvalue weighted by atomic mass is 10.1. The van der Waals surface area contributed by atoms with Crippen molar-refractivity contribution in [2.75, 3.05) is 12.4 Å². The third-order valence-corrected chi connectivity index (χ3v) is 2.44. The molecule has 0 saturated carbocycles. The highest BCUT2D eigenvalue weighted by Gasteiger charge is 2.26. The number of methoxy groups -OCH3 is 1. The summed E-state index contributed by atoms with van der Waals surface area (Å²) in [5, 5.41) is 11.8. The van der Waals surface area contributed by atoms with Gasteiger partial charge in [0.05, 0.1) is 19.4 Å². The van der Waals surface area contributed by atoms with Crippen molar-refractivity contribution in [1.29, 1.82) is 0 Å². The van der Waals surface area contributed by atoms with Crippen LogP contribution in [0.1, 0.15) is 12.5 Å². The van der Waals surface area contributed by atoms with Crippen LogP contribution in [0.15, 0.2) is 12.1 Å². The Hall–Kier alpha value is -1.75. The predicted octanol–water partition coefficient (Wildman–Crippen LogP) is 0.907. The number of ether oxygens (including phenoxy) is 2. The zero-order chi connectivity index (χ0) is 11.7. The summed E-state index contributed by atoms with van der Waals surface area (Å²) in [4.78, 5) is 11.4. The van der Waals surface area contributed by atoms with Gasteiger partial charge in [-0.15, -0.1) is 0 Å². The van der Waals surface area contributed by atoms with Gasteiger partial charge in [0.15, 0.2) is 17.6 Å². The molecule has 1 aliphatic heterocycles. The van der Waals surface area contributed by atoms with E-state index in [0.29, 0.717) is 22.7 Å². The number of nitrogens with one attached hydrogen (secondary N) is 1. The maximum Gasteiger partial charge on any atom is 0.265 e. The van der Waals surface area contributed by atoms with E-state index in [2.05, 4.69) is 5.32 Å². The minimum absolute atomic E-state index is 0.116. The highest BCUT2D eigenvalue weighted by atomic mass is 16.5. The van der Waals surface area contributed by atoms with Gasteiger partial charge in [-0.25, -0.2) is 0 Å². The molecule has 1 amide bonds. The molecule has 0 aromatic heterocycles. The fourth-order valence-electron chi connectivity index (χ4n) is 1.58. The number of amides is 1. The van der Waals surface area contributed by atoms with Gasteiger partial charge < -0.3 is 19.9 Å². The van der Waals surface area contributed by atoms with Gasteiger partial charge in [0.1, 0.15) is 0 Å². The van der Waals surface area contributed by atoms with Gasteiger partial charge in [0.2, 0.25) is 0 Å². The Morgan fingerprint density at radius 2 is 2.31 bits per heavy atom. The third kappa shape index (κ3) is 1.69. The van der Waals surface area contributed by atoms with Crippen molar-refractivity contribution >= 4 is 11.6 Å². The highest BCUT2D eigenvalue weighted by molar-refractivity contribution is 5.98. The molecule has 1 aliphatic rings. The number of fused-ring (bicyclic) bond motifs is 1. The quantitative estimate of drug-likeness (QED) is 0.781. The molecule has 0 fully saturated rings. The summed E-state index contributed by atoms with van der Waals surface area (Å²) in [7, 11) is 1.52. The van der Waals surface area contributed by atoms with Gasteiger partial charge >= 0.3 is 0 Å². The molecule has 0 radical (unpaired) electrons. The van der Waals surface area contributed by atoms with Crippen LogP contribution in [-0.4, -0.2) is 24.2 Å². The van der Waals surface area contributed by atoms with Crippen LogP contribution in [0.2, 0.25) is 0 Å². The summed E-state index contributed by atoms with van der Waals surface area (Å²) in [6, 6.07) is 3.35. The molecule has 5 nitrogen and oxygen atoms in total. The lowest BCUT2D eigenvalue weighted by Crippen LogP contribution is -2.34. The van der Waals surface area contributed by atoms with Crippen LogP contribution in [-0.2, 0) is 11.4 Å². The average Bonchev–Trinajstić information content (AvgIpc) is 2.29. The second-order valence-electron chi connectivity index (χ2n) is 3.58. The topological polar surface area (TPSA) is 67.8 Å². The first-order chi connectivity index (χ1) is 7.65. The van der Waals surface area contributed by atoms with E-state index in [0.717, 1.165) is 0 Å². The Morgan fingerprint density at radius 1 is 1.56 bits per heavy atom. The summed E-state index contributed by atoms with van der Waals surface area (Å²) in [6.45, 7) is 1.55. The second kappa shape index (κ2) is 4.02. The maximum absolute atomic E-state index is 11.4. The Balaban J connectivity index is 2.50. The second-order valence-corrected chi connectivity index (χ2v) is 3.58. The van der Waals surface area contributed by atoms with E-state index in [-0.39, 0.29) is 12.5 Å². The monoisotopic (exact) mass is 223 g/mol. The molecular formula is C11H13NO4. The summed E-state index contributed by atoms with van der Waals surface area (Å²) in [5.41, 5.74) is 1.19. The zero-order valence-electron chi connectivity index (χ0n) is 9.11. The number of carbonyl (C=O) groups excluding carboxylic acids is 1. The minimum atomic E-state index is -0.540. The molecule has 5 heteroatoms. The molecule has 1 heterocycles. The SMILES string of the molecule is COc1cc(CO)cc2c1OC(C)C(=O)N2. The van der Waals surface area contributed by atoms with Crippen LogP contribution in [0, 0.1) is 0 Å². The summed E-state index contributed by atoms with van der Waals surface area (Å²) >= 11 is 0. The van der Waals surface area contributed by atoms with E-state index in [9.17, 15) is 4.79 Å². The molecule has 86 valence electrons. The van der Waals surface area contributed by atoms with Crippen LogP contribution >= 0.6 is 0 Å². The van der Waals surface area contributed by atoms with Crippen molar-refractivity contribution in [2.24, 2.45) is 0 Å². The predicted molar refractivity (Wildman–Crippen MR) is 57.6 cm³/mol. The van der Waals surface area contributed by atoms with Gasteiger partial charge in [-0.3, -0.25) is 4.79 Å². The molecule has 1 unspecified atom stereocenters. The molecule has 0 aliphatic carbocycles. The van der Waals surface area contributed by atoms with Gasteiger partial charge in [0.25, 0.3) is 5.91 Å². The standard InChI is InChI=1S/C11H13NO4/c1-6-11(14)12-8-3-7(5-13)4-9(15-2)10(8)16-6/h3-4,6,13H,5H2,1-2H3,(H,12,14). The number of carbonyl (C=O) groups is 1. The first-order valence-corrected chi connectivity index (χ1v) is 4.95. The molecule has 1 aromatic carbocycles. The molecule has 16 heavy (non-hydrogen) atoms. The molecule has 0 saturated heterocycles. The van der Waals surface area contributed by atoms with Crippen molar-refractivity contribution in [3.63, 3.8) is 0 Å². The smallest absolute Gasteiger partial charge is 0.265 e. The van der Waals surface area contributed by atoms with Crippen molar-refractivity contribution in [1.82, 2.24) is 0 Å². The molecule has 1 aromatic rings. The van der Waals surface area contributed by atoms with E-state index in [4.69, 9.17) is 14.6 Å². The van der Waals surface area contributed by atoms with Crippen LogP contribution in [0.3, 0.4) is 0 Å². The fourth-order valence-corrected chi connectivity index (χ4v) is 1.58. The Labute approximate surface area is 93.0 Å². The fraction of sp³-hybridized carbons (Fsp3) is 0.364. The highest BCUT2D eigenvalue weighted by Crippen LogP contribution is 2.39. The lowest BCUT2D eigenvalue weighted by Gasteiger charge is -2.25. The summed E-state index contributed by atoms with van der Waals surface area (Å²) in [6.07, 6.45) is -0.540. The van der Waals surface area contributed by atoms with Crippen molar-refractivity contribution in [2.45, 2.75) is 19.6 Å². The molecule has 1 atom stereocenters. The number of rotatable bonds is 2. The average molecular weight is 223 g/mol. The summed E-state index contributed by atoms with van der Waals surface area (Å²) in [5.74, 6) is 0.810. The minimum Gasteiger partial charge on any atom is -0.493 e. The molecule has 0 bridgehead atoms. The van der Waals surface area contributed by atoms with Crippen molar-refractivity contribution in [3.8, 4) is 11.5 Å². The third-order valence-electron chi connectivity index (χ3n) is 2.44. The van der Waals surface area contributed by atoms with Crippen LogP contribution in [0.4, 0.5) is 5.69 Å². The number of aliphatic hydroxyl groups excluding tert-OH is 1. The molecule has 2 N–H and O–H groups in total. The number of aliphatic hydroxyl groups is 1. The van der Waals surface area contributed by atoms with E-state index >= 15 is 0 Å². The zero-order valence-corrected chi connectivity index (χ0v) is 9.11. The Kier molecular flexibility index (Phi) is 2.70. The van der Waals surface area contributed by atoms with Gasteiger partial charge in [-0.2, -0.15) is 0 Å². The maximum atomic E-state index is 11.4. The summed E-state index contributed by atoms with van der Waals surface area (Å²) < 4.78 is 10.6. The van der Waals surface area contributed by atoms with Crippen LogP contribution in [0.5, 0.6) is 11.5 Å². The first-order valence-electron chi connectivity index (χ1n) is 4.95. The van der Waals surface area contributed by atoms with E-state index in [1.165, 1.54) is 7.11 Å². The van der Waals surface area contributed by atoms with E-state index in [1.807, 2.05) is 0 Å². The number of anilines is 1. The Bertz CT molecular complexity index is 430. The first kappa shape index (κ1) is 10.8. The normalized spacial score (nSPS) is 18.4. The molecule has 2 rings (SSSR count). The number of hydrogen-bond donors (Lipinski definition) is 2. The number of hydrogen-bond acceptors (Lipinski definition) is 4. The largest absolute Gasteiger partial charge is 0.493 e.